The van der Waals surface area contributed by atoms with Crippen LogP contribution >= 0.6 is 11.3 Å². The number of alkyl halides is 3. The molecule has 1 heterocycles. The van der Waals surface area contributed by atoms with Crippen LogP contribution < -0.4 is 0 Å². The monoisotopic (exact) mass is 264 g/mol. The Morgan fingerprint density at radius 3 is 2.24 bits per heavy atom. The first-order chi connectivity index (χ1) is 7.59. The molecule has 0 aliphatic heterocycles. The molecule has 0 unspecified atom stereocenters. The maximum atomic E-state index is 12.0. The lowest BCUT2D eigenvalue weighted by Crippen LogP contribution is -2.10. The fourth-order valence-electron chi connectivity index (χ4n) is 1.27. The van der Waals surface area contributed by atoms with Crippen molar-refractivity contribution in [2.75, 3.05) is 0 Å². The molecule has 0 bridgehead atoms. The lowest BCUT2D eigenvalue weighted by Gasteiger charge is -2.15. The van der Waals surface area contributed by atoms with E-state index in [9.17, 15) is 18.0 Å². The van der Waals surface area contributed by atoms with Crippen LogP contribution in [0, 0.1) is 0 Å². The highest BCUT2D eigenvalue weighted by Gasteiger charge is 2.28. The predicted molar refractivity (Wildman–Crippen MR) is 62.6 cm³/mol. The summed E-state index contributed by atoms with van der Waals surface area (Å²) in [6.07, 6.45) is -5.78. The minimum absolute atomic E-state index is 0.0762. The van der Waals surface area contributed by atoms with Crippen molar-refractivity contribution < 1.29 is 18.0 Å². The van der Waals surface area contributed by atoms with Crippen LogP contribution in [0.15, 0.2) is 12.1 Å². The van der Waals surface area contributed by atoms with Gasteiger partial charge in [0.15, 0.2) is 5.78 Å². The number of Topliss-reactive ketones (excluding diaryl/α,β-unsaturated/α-hetero) is 1. The highest BCUT2D eigenvalue weighted by molar-refractivity contribution is 7.14. The molecule has 0 aliphatic rings. The summed E-state index contributed by atoms with van der Waals surface area (Å²) in [6.45, 7) is 6.01. The van der Waals surface area contributed by atoms with Crippen molar-refractivity contribution in [2.45, 2.75) is 45.2 Å². The van der Waals surface area contributed by atoms with Crippen LogP contribution in [-0.4, -0.2) is 12.0 Å². The second-order valence-corrected chi connectivity index (χ2v) is 6.04. The van der Waals surface area contributed by atoms with Crippen molar-refractivity contribution in [1.82, 2.24) is 0 Å². The first-order valence-electron chi connectivity index (χ1n) is 5.30. The molecular formula is C12H15F3OS. The molecule has 0 aliphatic carbocycles. The van der Waals surface area contributed by atoms with E-state index in [-0.39, 0.29) is 5.41 Å². The number of hydrogen-bond acceptors (Lipinski definition) is 2. The van der Waals surface area contributed by atoms with Gasteiger partial charge in [0.05, 0.1) is 11.3 Å². The van der Waals surface area contributed by atoms with Gasteiger partial charge in [-0.3, -0.25) is 4.79 Å². The second kappa shape index (κ2) is 4.80. The van der Waals surface area contributed by atoms with Gasteiger partial charge in [0, 0.05) is 11.3 Å². The fraction of sp³-hybridized carbons (Fsp3) is 0.583. The van der Waals surface area contributed by atoms with Crippen molar-refractivity contribution in [3.8, 4) is 0 Å². The number of carbonyl (C=O) groups excluding carboxylic acids is 1. The van der Waals surface area contributed by atoms with Gasteiger partial charge >= 0.3 is 6.18 Å². The topological polar surface area (TPSA) is 17.1 Å². The molecule has 1 aromatic heterocycles. The Labute approximate surface area is 103 Å². The van der Waals surface area contributed by atoms with Crippen LogP contribution in [0.4, 0.5) is 13.2 Å². The number of rotatable bonds is 3. The molecule has 1 nitrogen and oxygen atoms in total. The SMILES string of the molecule is CC(C)(C)c1ccc(C(=O)CCC(F)(F)F)s1. The molecule has 0 spiro atoms. The highest BCUT2D eigenvalue weighted by Crippen LogP contribution is 2.31. The standard InChI is InChI=1S/C12H15F3OS/c1-11(2,3)10-5-4-9(17-10)8(16)6-7-12(13,14)15/h4-5H,6-7H2,1-3H3. The minimum atomic E-state index is -4.26. The van der Waals surface area contributed by atoms with Gasteiger partial charge in [-0.05, 0) is 17.5 Å². The molecule has 0 N–H and O–H groups in total. The van der Waals surface area contributed by atoms with E-state index in [0.717, 1.165) is 4.88 Å². The highest BCUT2D eigenvalue weighted by atomic mass is 32.1. The summed E-state index contributed by atoms with van der Waals surface area (Å²) >= 11 is 1.28. The van der Waals surface area contributed by atoms with Crippen LogP contribution in [0.3, 0.4) is 0 Å². The van der Waals surface area contributed by atoms with E-state index < -0.39 is 24.8 Å². The summed E-state index contributed by atoms with van der Waals surface area (Å²) < 4.78 is 35.9. The zero-order chi connectivity index (χ0) is 13.3. The van der Waals surface area contributed by atoms with Crippen molar-refractivity contribution in [2.24, 2.45) is 0 Å². The lowest BCUT2D eigenvalue weighted by atomic mass is 9.95. The van der Waals surface area contributed by atoms with Crippen LogP contribution in [0.1, 0.15) is 48.2 Å². The van der Waals surface area contributed by atoms with E-state index in [1.807, 2.05) is 26.8 Å². The van der Waals surface area contributed by atoms with Gasteiger partial charge in [-0.2, -0.15) is 13.2 Å². The molecule has 0 atom stereocenters. The predicted octanol–water partition coefficient (Wildman–Crippen LogP) is 4.57. The first-order valence-corrected chi connectivity index (χ1v) is 6.11. The maximum Gasteiger partial charge on any atom is 0.389 e. The van der Waals surface area contributed by atoms with Gasteiger partial charge in [0.2, 0.25) is 0 Å². The molecule has 96 valence electrons. The van der Waals surface area contributed by atoms with E-state index in [2.05, 4.69) is 0 Å². The molecule has 5 heteroatoms. The third kappa shape index (κ3) is 4.50. The average molecular weight is 264 g/mol. The van der Waals surface area contributed by atoms with Gasteiger partial charge in [-0.25, -0.2) is 0 Å². The van der Waals surface area contributed by atoms with Gasteiger partial charge < -0.3 is 0 Å². The van der Waals surface area contributed by atoms with Gasteiger partial charge in [0.25, 0.3) is 0 Å². The third-order valence-electron chi connectivity index (χ3n) is 2.26. The van der Waals surface area contributed by atoms with Gasteiger partial charge in [-0.1, -0.05) is 20.8 Å². The summed E-state index contributed by atoms with van der Waals surface area (Å²) in [4.78, 5) is 13.0. The summed E-state index contributed by atoms with van der Waals surface area (Å²) in [5, 5.41) is 0. The second-order valence-electron chi connectivity index (χ2n) is 4.95. The summed E-state index contributed by atoms with van der Waals surface area (Å²) in [7, 11) is 0. The average Bonchev–Trinajstić information content (AvgIpc) is 2.60. The Morgan fingerprint density at radius 1 is 1.24 bits per heavy atom. The number of ketones is 1. The Bertz CT molecular complexity index is 399. The number of halogens is 3. The minimum Gasteiger partial charge on any atom is -0.293 e. The van der Waals surface area contributed by atoms with Crippen molar-refractivity contribution >= 4 is 17.1 Å². The fourth-order valence-corrected chi connectivity index (χ4v) is 2.30. The van der Waals surface area contributed by atoms with Crippen LogP contribution in [0.2, 0.25) is 0 Å². The largest absolute Gasteiger partial charge is 0.389 e. The Kier molecular flexibility index (Phi) is 4.02. The van der Waals surface area contributed by atoms with Crippen LogP contribution in [-0.2, 0) is 5.41 Å². The lowest BCUT2D eigenvalue weighted by molar-refractivity contribution is -0.133. The molecule has 0 aromatic carbocycles. The molecule has 1 aromatic rings. The Balaban J connectivity index is 2.68. The molecule has 1 rings (SSSR count). The number of carbonyl (C=O) groups is 1. The van der Waals surface area contributed by atoms with E-state index in [4.69, 9.17) is 0 Å². The zero-order valence-corrected chi connectivity index (χ0v) is 10.8. The zero-order valence-electron chi connectivity index (χ0n) is 10.0. The van der Waals surface area contributed by atoms with Crippen molar-refractivity contribution in [3.63, 3.8) is 0 Å². The van der Waals surface area contributed by atoms with Crippen molar-refractivity contribution in [1.29, 1.82) is 0 Å². The molecule has 0 fully saturated rings. The number of hydrogen-bond donors (Lipinski definition) is 0. The quantitative estimate of drug-likeness (QED) is 0.731. The third-order valence-corrected chi connectivity index (χ3v) is 3.81. The smallest absolute Gasteiger partial charge is 0.293 e. The molecule has 0 saturated heterocycles. The summed E-state index contributed by atoms with van der Waals surface area (Å²) in [5.74, 6) is -0.428. The van der Waals surface area contributed by atoms with Crippen LogP contribution in [0.5, 0.6) is 0 Å². The van der Waals surface area contributed by atoms with Crippen molar-refractivity contribution in [3.05, 3.63) is 21.9 Å². The first kappa shape index (κ1) is 14.2. The van der Waals surface area contributed by atoms with E-state index >= 15 is 0 Å². The molecule has 17 heavy (non-hydrogen) atoms. The summed E-state index contributed by atoms with van der Waals surface area (Å²) in [6, 6.07) is 3.43. The molecule has 0 amide bonds. The van der Waals surface area contributed by atoms with E-state index in [0.29, 0.717) is 4.88 Å². The Hall–Kier alpha value is -0.840. The van der Waals surface area contributed by atoms with Crippen LogP contribution in [0.25, 0.3) is 0 Å². The maximum absolute atomic E-state index is 12.0. The Morgan fingerprint density at radius 2 is 1.82 bits per heavy atom. The van der Waals surface area contributed by atoms with Gasteiger partial charge in [0.1, 0.15) is 0 Å². The molecule has 0 radical (unpaired) electrons. The molecular weight excluding hydrogens is 249 g/mol. The normalized spacial score (nSPS) is 12.8. The van der Waals surface area contributed by atoms with E-state index in [1.54, 1.807) is 6.07 Å². The molecule has 0 saturated carbocycles. The van der Waals surface area contributed by atoms with E-state index in [1.165, 1.54) is 11.3 Å². The van der Waals surface area contributed by atoms with Gasteiger partial charge in [-0.15, -0.1) is 11.3 Å². The summed E-state index contributed by atoms with van der Waals surface area (Å²) in [5.41, 5.74) is -0.0762. The number of thiophene rings is 1.